The molecule has 2 heterocycles. The van der Waals surface area contributed by atoms with Crippen molar-refractivity contribution in [2.24, 2.45) is 5.92 Å². The second-order valence-electron chi connectivity index (χ2n) is 5.36. The summed E-state index contributed by atoms with van der Waals surface area (Å²) in [7, 11) is 0. The lowest BCUT2D eigenvalue weighted by molar-refractivity contribution is 0.0945. The smallest absolute Gasteiger partial charge is 0.255 e. The van der Waals surface area contributed by atoms with Gasteiger partial charge >= 0.3 is 0 Å². The van der Waals surface area contributed by atoms with Crippen molar-refractivity contribution < 1.29 is 4.79 Å². The average molecular weight is 292 g/mol. The number of fused-ring (bicyclic) bond motifs is 1. The summed E-state index contributed by atoms with van der Waals surface area (Å²) < 4.78 is 1.71. The van der Waals surface area contributed by atoms with Crippen molar-refractivity contribution in [2.45, 2.75) is 31.1 Å². The number of pyridine rings is 1. The summed E-state index contributed by atoms with van der Waals surface area (Å²) in [6, 6.07) is 5.69. The molecule has 0 radical (unpaired) electrons. The normalized spacial score (nSPS) is 22.9. The summed E-state index contributed by atoms with van der Waals surface area (Å²) in [5.41, 5.74) is 1.45. The van der Waals surface area contributed by atoms with Gasteiger partial charge < -0.3 is 5.32 Å². The van der Waals surface area contributed by atoms with Crippen molar-refractivity contribution in [3.63, 3.8) is 0 Å². The third-order valence-corrected chi connectivity index (χ3v) is 4.59. The molecule has 0 spiro atoms. The maximum absolute atomic E-state index is 12.3. The largest absolute Gasteiger partial charge is 0.352 e. The predicted molar refractivity (Wildman–Crippen MR) is 79.1 cm³/mol. The molecular formula is C15H18ClN3O. The van der Waals surface area contributed by atoms with Crippen molar-refractivity contribution in [1.82, 2.24) is 14.9 Å². The molecule has 1 fully saturated rings. The Bertz CT molecular complexity index is 610. The number of aromatic nitrogens is 2. The zero-order valence-corrected chi connectivity index (χ0v) is 12.0. The van der Waals surface area contributed by atoms with Gasteiger partial charge in [0.1, 0.15) is 0 Å². The van der Waals surface area contributed by atoms with Crippen molar-refractivity contribution in [1.29, 1.82) is 0 Å². The number of hydrogen-bond donors (Lipinski definition) is 1. The van der Waals surface area contributed by atoms with E-state index in [1.165, 1.54) is 12.8 Å². The van der Waals surface area contributed by atoms with E-state index in [1.807, 2.05) is 24.4 Å². The van der Waals surface area contributed by atoms with Crippen molar-refractivity contribution in [3.8, 4) is 0 Å². The fourth-order valence-corrected chi connectivity index (χ4v) is 3.19. The van der Waals surface area contributed by atoms with E-state index in [-0.39, 0.29) is 11.3 Å². The van der Waals surface area contributed by atoms with Crippen LogP contribution in [-0.2, 0) is 0 Å². The minimum Gasteiger partial charge on any atom is -0.352 e. The first kappa shape index (κ1) is 13.4. The summed E-state index contributed by atoms with van der Waals surface area (Å²) in [4.78, 5) is 12.3. The second-order valence-corrected chi connectivity index (χ2v) is 5.92. The van der Waals surface area contributed by atoms with Crippen LogP contribution < -0.4 is 5.32 Å². The molecule has 2 unspecified atom stereocenters. The van der Waals surface area contributed by atoms with Crippen LogP contribution in [0.15, 0.2) is 30.6 Å². The maximum Gasteiger partial charge on any atom is 0.255 e. The van der Waals surface area contributed by atoms with Gasteiger partial charge in [0.15, 0.2) is 0 Å². The molecule has 4 nitrogen and oxygen atoms in total. The molecular weight excluding hydrogens is 274 g/mol. The molecule has 1 aliphatic carbocycles. The van der Waals surface area contributed by atoms with Crippen LogP contribution in [0.25, 0.3) is 5.52 Å². The van der Waals surface area contributed by atoms with Gasteiger partial charge in [0.05, 0.1) is 17.3 Å². The van der Waals surface area contributed by atoms with Crippen LogP contribution in [0.5, 0.6) is 0 Å². The third kappa shape index (κ3) is 2.66. The summed E-state index contributed by atoms with van der Waals surface area (Å²) in [6.07, 6.45) is 8.01. The van der Waals surface area contributed by atoms with E-state index < -0.39 is 0 Å². The zero-order chi connectivity index (χ0) is 13.9. The van der Waals surface area contributed by atoms with E-state index in [0.29, 0.717) is 18.0 Å². The number of amides is 1. The van der Waals surface area contributed by atoms with Crippen LogP contribution in [0.2, 0.25) is 0 Å². The summed E-state index contributed by atoms with van der Waals surface area (Å²) in [6.45, 7) is 0.650. The molecule has 2 aromatic heterocycles. The molecule has 3 rings (SSSR count). The molecule has 2 atom stereocenters. The zero-order valence-electron chi connectivity index (χ0n) is 11.3. The third-order valence-electron chi connectivity index (χ3n) is 4.01. The molecule has 20 heavy (non-hydrogen) atoms. The Morgan fingerprint density at radius 1 is 1.40 bits per heavy atom. The van der Waals surface area contributed by atoms with Gasteiger partial charge in [-0.1, -0.05) is 18.9 Å². The van der Waals surface area contributed by atoms with Crippen molar-refractivity contribution in [3.05, 3.63) is 36.2 Å². The van der Waals surface area contributed by atoms with Crippen LogP contribution in [0.1, 0.15) is 36.0 Å². The van der Waals surface area contributed by atoms with Gasteiger partial charge in [0, 0.05) is 18.1 Å². The SMILES string of the molecule is O=C(NCC1CCCCC1Cl)c1cnn2ccccc12. The van der Waals surface area contributed by atoms with Crippen LogP contribution >= 0.6 is 11.6 Å². The van der Waals surface area contributed by atoms with E-state index >= 15 is 0 Å². The molecule has 0 aliphatic heterocycles. The van der Waals surface area contributed by atoms with E-state index in [0.717, 1.165) is 18.4 Å². The number of rotatable bonds is 3. The minimum atomic E-state index is -0.0689. The quantitative estimate of drug-likeness (QED) is 0.884. The molecule has 1 N–H and O–H groups in total. The highest BCUT2D eigenvalue weighted by atomic mass is 35.5. The summed E-state index contributed by atoms with van der Waals surface area (Å²) in [5, 5.41) is 7.37. The first-order valence-corrected chi connectivity index (χ1v) is 7.54. The predicted octanol–water partition coefficient (Wildman–Crippen LogP) is 2.86. The Morgan fingerprint density at radius 2 is 2.25 bits per heavy atom. The lowest BCUT2D eigenvalue weighted by atomic mass is 9.88. The van der Waals surface area contributed by atoms with Gasteiger partial charge in [-0.15, -0.1) is 11.6 Å². The fourth-order valence-electron chi connectivity index (χ4n) is 2.82. The lowest BCUT2D eigenvalue weighted by Gasteiger charge is -2.26. The van der Waals surface area contributed by atoms with Gasteiger partial charge in [-0.3, -0.25) is 4.79 Å². The molecule has 1 aliphatic rings. The number of nitrogens with zero attached hydrogens (tertiary/aromatic N) is 2. The second kappa shape index (κ2) is 5.83. The van der Waals surface area contributed by atoms with Crippen molar-refractivity contribution in [2.75, 3.05) is 6.54 Å². The Hall–Kier alpha value is -1.55. The number of hydrogen-bond acceptors (Lipinski definition) is 2. The molecule has 5 heteroatoms. The summed E-state index contributed by atoms with van der Waals surface area (Å²) >= 11 is 6.32. The number of carbonyl (C=O) groups excluding carboxylic acids is 1. The standard InChI is InChI=1S/C15H18ClN3O/c16-13-6-2-1-5-11(13)9-17-15(20)12-10-18-19-8-4-3-7-14(12)19/h3-4,7-8,10-11,13H,1-2,5-6,9H2,(H,17,20). The van der Waals surface area contributed by atoms with Crippen LogP contribution in [-0.4, -0.2) is 27.4 Å². The van der Waals surface area contributed by atoms with E-state index in [9.17, 15) is 4.79 Å². The van der Waals surface area contributed by atoms with Gasteiger partial charge in [-0.2, -0.15) is 5.10 Å². The monoisotopic (exact) mass is 291 g/mol. The van der Waals surface area contributed by atoms with Crippen LogP contribution in [0.3, 0.4) is 0 Å². The van der Waals surface area contributed by atoms with Crippen molar-refractivity contribution >= 4 is 23.0 Å². The number of nitrogens with one attached hydrogen (secondary N) is 1. The minimum absolute atomic E-state index is 0.0689. The number of alkyl halides is 1. The first-order valence-electron chi connectivity index (χ1n) is 7.10. The molecule has 0 bridgehead atoms. The van der Waals surface area contributed by atoms with E-state index in [1.54, 1.807) is 10.7 Å². The van der Waals surface area contributed by atoms with E-state index in [2.05, 4.69) is 10.4 Å². The highest BCUT2D eigenvalue weighted by molar-refractivity contribution is 6.20. The summed E-state index contributed by atoms with van der Waals surface area (Å²) in [5.74, 6) is 0.317. The fraction of sp³-hybridized carbons (Fsp3) is 0.467. The highest BCUT2D eigenvalue weighted by Gasteiger charge is 2.24. The Morgan fingerprint density at radius 3 is 3.10 bits per heavy atom. The topological polar surface area (TPSA) is 46.4 Å². The molecule has 0 saturated heterocycles. The first-order chi connectivity index (χ1) is 9.75. The number of carbonyl (C=O) groups is 1. The Labute approximate surface area is 123 Å². The van der Waals surface area contributed by atoms with Gasteiger partial charge in [-0.25, -0.2) is 4.52 Å². The molecule has 1 saturated carbocycles. The number of halogens is 1. The van der Waals surface area contributed by atoms with Crippen LogP contribution in [0, 0.1) is 5.92 Å². The molecule has 0 aromatic carbocycles. The highest BCUT2D eigenvalue weighted by Crippen LogP contribution is 2.28. The van der Waals surface area contributed by atoms with Gasteiger partial charge in [0.25, 0.3) is 5.91 Å². The maximum atomic E-state index is 12.3. The Balaban J connectivity index is 1.67. The lowest BCUT2D eigenvalue weighted by Crippen LogP contribution is -2.34. The van der Waals surface area contributed by atoms with Crippen LogP contribution in [0.4, 0.5) is 0 Å². The van der Waals surface area contributed by atoms with Gasteiger partial charge in [0.2, 0.25) is 0 Å². The Kier molecular flexibility index (Phi) is 3.92. The molecule has 2 aromatic rings. The molecule has 1 amide bonds. The van der Waals surface area contributed by atoms with Gasteiger partial charge in [-0.05, 0) is 30.9 Å². The van der Waals surface area contributed by atoms with E-state index in [4.69, 9.17) is 11.6 Å². The average Bonchev–Trinajstić information content (AvgIpc) is 2.90. The molecule has 106 valence electrons.